The van der Waals surface area contributed by atoms with Gasteiger partial charge in [-0.25, -0.2) is 4.79 Å². The maximum atomic E-state index is 12.5. The molecule has 1 aromatic heterocycles. The summed E-state index contributed by atoms with van der Waals surface area (Å²) in [6.07, 6.45) is 2.09. The molecule has 1 aromatic carbocycles. The predicted octanol–water partition coefficient (Wildman–Crippen LogP) is 3.53. The van der Waals surface area contributed by atoms with Crippen LogP contribution in [-0.4, -0.2) is 30.6 Å². The Labute approximate surface area is 153 Å². The van der Waals surface area contributed by atoms with Gasteiger partial charge in [-0.15, -0.1) is 0 Å². The molecule has 0 atom stereocenters. The Balaban J connectivity index is 2.03. The van der Waals surface area contributed by atoms with E-state index in [9.17, 15) is 9.59 Å². The SMILES string of the molecule is CCCCOc1cccc(CNC(=O)c2[nH]c(C)c(C(=O)OC)c2C)c1. The lowest BCUT2D eigenvalue weighted by Crippen LogP contribution is -2.24. The number of carbonyl (C=O) groups excluding carboxylic acids is 2. The zero-order chi connectivity index (χ0) is 19.1. The summed E-state index contributed by atoms with van der Waals surface area (Å²) in [6, 6.07) is 7.66. The van der Waals surface area contributed by atoms with Crippen LogP contribution in [0.4, 0.5) is 0 Å². The standard InChI is InChI=1S/C20H26N2O4/c1-5-6-10-26-16-9-7-8-15(11-16)12-21-19(23)18-13(2)17(14(3)22-18)20(24)25-4/h7-9,11,22H,5-6,10,12H2,1-4H3,(H,21,23). The van der Waals surface area contributed by atoms with Crippen molar-refractivity contribution in [2.75, 3.05) is 13.7 Å². The lowest BCUT2D eigenvalue weighted by atomic mass is 10.1. The average Bonchev–Trinajstić information content (AvgIpc) is 2.94. The zero-order valence-electron chi connectivity index (χ0n) is 15.8. The third-order valence-corrected chi connectivity index (χ3v) is 4.17. The molecule has 0 saturated heterocycles. The summed E-state index contributed by atoms with van der Waals surface area (Å²) >= 11 is 0. The molecule has 1 heterocycles. The second kappa shape index (κ2) is 9.08. The van der Waals surface area contributed by atoms with Crippen molar-refractivity contribution in [3.05, 3.63) is 52.3 Å². The molecular formula is C20H26N2O4. The Morgan fingerprint density at radius 1 is 1.23 bits per heavy atom. The van der Waals surface area contributed by atoms with Crippen molar-refractivity contribution in [1.29, 1.82) is 0 Å². The number of nitrogens with one attached hydrogen (secondary N) is 2. The highest BCUT2D eigenvalue weighted by Gasteiger charge is 2.22. The molecule has 0 aliphatic rings. The summed E-state index contributed by atoms with van der Waals surface area (Å²) in [5.41, 5.74) is 2.93. The molecule has 0 bridgehead atoms. The molecule has 0 aliphatic heterocycles. The van der Waals surface area contributed by atoms with E-state index in [-0.39, 0.29) is 5.91 Å². The molecule has 2 rings (SSSR count). The number of rotatable bonds is 8. The maximum absolute atomic E-state index is 12.5. The smallest absolute Gasteiger partial charge is 0.339 e. The predicted molar refractivity (Wildman–Crippen MR) is 99.6 cm³/mol. The van der Waals surface area contributed by atoms with Gasteiger partial charge in [0.1, 0.15) is 11.4 Å². The van der Waals surface area contributed by atoms with Gasteiger partial charge in [-0.05, 0) is 43.5 Å². The number of hydrogen-bond acceptors (Lipinski definition) is 4. The monoisotopic (exact) mass is 358 g/mol. The lowest BCUT2D eigenvalue weighted by Gasteiger charge is -2.09. The van der Waals surface area contributed by atoms with Crippen LogP contribution in [0.2, 0.25) is 0 Å². The van der Waals surface area contributed by atoms with Gasteiger partial charge >= 0.3 is 5.97 Å². The zero-order valence-corrected chi connectivity index (χ0v) is 15.8. The van der Waals surface area contributed by atoms with Crippen LogP contribution < -0.4 is 10.1 Å². The van der Waals surface area contributed by atoms with Crippen LogP contribution in [0.5, 0.6) is 5.75 Å². The highest BCUT2D eigenvalue weighted by Crippen LogP contribution is 2.19. The molecule has 0 spiro atoms. The van der Waals surface area contributed by atoms with E-state index in [1.807, 2.05) is 24.3 Å². The number of ether oxygens (including phenoxy) is 2. The summed E-state index contributed by atoms with van der Waals surface area (Å²) in [5, 5.41) is 2.87. The fraction of sp³-hybridized carbons (Fsp3) is 0.400. The molecule has 2 aromatic rings. The van der Waals surface area contributed by atoms with Gasteiger partial charge in [0.05, 0.1) is 19.3 Å². The van der Waals surface area contributed by atoms with Crippen LogP contribution in [0.1, 0.15) is 57.4 Å². The van der Waals surface area contributed by atoms with Crippen molar-refractivity contribution in [2.45, 2.75) is 40.2 Å². The maximum Gasteiger partial charge on any atom is 0.339 e. The largest absolute Gasteiger partial charge is 0.494 e. The molecule has 140 valence electrons. The topological polar surface area (TPSA) is 80.4 Å². The van der Waals surface area contributed by atoms with Crippen LogP contribution in [-0.2, 0) is 11.3 Å². The van der Waals surface area contributed by atoms with Gasteiger partial charge < -0.3 is 19.8 Å². The normalized spacial score (nSPS) is 10.5. The summed E-state index contributed by atoms with van der Waals surface area (Å²) in [5.74, 6) is 0.0790. The summed E-state index contributed by atoms with van der Waals surface area (Å²) in [6.45, 7) is 6.64. The number of carbonyl (C=O) groups is 2. The van der Waals surface area contributed by atoms with Crippen molar-refractivity contribution >= 4 is 11.9 Å². The first-order chi connectivity index (χ1) is 12.5. The van der Waals surface area contributed by atoms with E-state index in [1.54, 1.807) is 13.8 Å². The molecule has 26 heavy (non-hydrogen) atoms. The molecule has 0 radical (unpaired) electrons. The second-order valence-corrected chi connectivity index (χ2v) is 6.15. The highest BCUT2D eigenvalue weighted by atomic mass is 16.5. The number of aromatic nitrogens is 1. The summed E-state index contributed by atoms with van der Waals surface area (Å²) < 4.78 is 10.5. The summed E-state index contributed by atoms with van der Waals surface area (Å²) in [4.78, 5) is 27.3. The molecule has 0 unspecified atom stereocenters. The third-order valence-electron chi connectivity index (χ3n) is 4.17. The van der Waals surface area contributed by atoms with E-state index in [2.05, 4.69) is 17.2 Å². The minimum atomic E-state index is -0.452. The van der Waals surface area contributed by atoms with E-state index >= 15 is 0 Å². The molecule has 1 amide bonds. The quantitative estimate of drug-likeness (QED) is 0.559. The molecule has 6 nitrogen and oxygen atoms in total. The van der Waals surface area contributed by atoms with Crippen molar-refractivity contribution in [2.24, 2.45) is 0 Å². The van der Waals surface area contributed by atoms with Gasteiger partial charge in [-0.2, -0.15) is 0 Å². The van der Waals surface area contributed by atoms with E-state index < -0.39 is 5.97 Å². The summed E-state index contributed by atoms with van der Waals surface area (Å²) in [7, 11) is 1.32. The molecular weight excluding hydrogens is 332 g/mol. The Bertz CT molecular complexity index is 780. The Hall–Kier alpha value is -2.76. The fourth-order valence-electron chi connectivity index (χ4n) is 2.74. The molecule has 2 N–H and O–H groups in total. The van der Waals surface area contributed by atoms with Gasteiger partial charge in [0.15, 0.2) is 0 Å². The van der Waals surface area contributed by atoms with Gasteiger partial charge in [0.2, 0.25) is 0 Å². The van der Waals surface area contributed by atoms with Gasteiger partial charge in [-0.3, -0.25) is 4.79 Å². The molecule has 0 aliphatic carbocycles. The molecule has 0 fully saturated rings. The van der Waals surface area contributed by atoms with Crippen molar-refractivity contribution in [3.8, 4) is 5.75 Å². The Morgan fingerprint density at radius 2 is 2.00 bits per heavy atom. The van der Waals surface area contributed by atoms with Crippen LogP contribution >= 0.6 is 0 Å². The van der Waals surface area contributed by atoms with Crippen molar-refractivity contribution in [1.82, 2.24) is 10.3 Å². The Kier molecular flexibility index (Phi) is 6.83. The number of methoxy groups -OCH3 is 1. The number of hydrogen-bond donors (Lipinski definition) is 2. The third kappa shape index (κ3) is 4.65. The minimum absolute atomic E-state index is 0.266. The van der Waals surface area contributed by atoms with Crippen LogP contribution in [0.15, 0.2) is 24.3 Å². The highest BCUT2D eigenvalue weighted by molar-refractivity contribution is 6.00. The number of amides is 1. The van der Waals surface area contributed by atoms with E-state index in [4.69, 9.17) is 9.47 Å². The van der Waals surface area contributed by atoms with Crippen molar-refractivity contribution in [3.63, 3.8) is 0 Å². The lowest BCUT2D eigenvalue weighted by molar-refractivity contribution is 0.0599. The molecule has 0 saturated carbocycles. The fourth-order valence-corrected chi connectivity index (χ4v) is 2.74. The van der Waals surface area contributed by atoms with E-state index in [0.717, 1.165) is 24.2 Å². The number of esters is 1. The number of aryl methyl sites for hydroxylation is 1. The number of H-pyrrole nitrogens is 1. The van der Waals surface area contributed by atoms with Gasteiger partial charge in [0, 0.05) is 12.2 Å². The molecule has 6 heteroatoms. The number of benzene rings is 1. The van der Waals surface area contributed by atoms with Gasteiger partial charge in [-0.1, -0.05) is 25.5 Å². The van der Waals surface area contributed by atoms with Gasteiger partial charge in [0.25, 0.3) is 5.91 Å². The van der Waals surface area contributed by atoms with E-state index in [0.29, 0.717) is 35.7 Å². The van der Waals surface area contributed by atoms with Crippen LogP contribution in [0, 0.1) is 13.8 Å². The first-order valence-corrected chi connectivity index (χ1v) is 8.75. The van der Waals surface area contributed by atoms with Crippen molar-refractivity contribution < 1.29 is 19.1 Å². The minimum Gasteiger partial charge on any atom is -0.494 e. The number of aromatic amines is 1. The van der Waals surface area contributed by atoms with Crippen LogP contribution in [0.3, 0.4) is 0 Å². The first-order valence-electron chi connectivity index (χ1n) is 8.75. The second-order valence-electron chi connectivity index (χ2n) is 6.15. The first kappa shape index (κ1) is 19.6. The average molecular weight is 358 g/mol. The van der Waals surface area contributed by atoms with Crippen LogP contribution in [0.25, 0.3) is 0 Å². The van der Waals surface area contributed by atoms with E-state index in [1.165, 1.54) is 7.11 Å². The Morgan fingerprint density at radius 3 is 2.69 bits per heavy atom. The number of unbranched alkanes of at least 4 members (excludes halogenated alkanes) is 1.